The lowest BCUT2D eigenvalue weighted by Gasteiger charge is -2.14. The van der Waals surface area contributed by atoms with Crippen LogP contribution in [0.4, 0.5) is 14.5 Å². The van der Waals surface area contributed by atoms with Crippen molar-refractivity contribution in [2.75, 3.05) is 19.0 Å². The molecule has 0 saturated carbocycles. The summed E-state index contributed by atoms with van der Waals surface area (Å²) in [4.78, 5) is 3.79. The Hall–Kier alpha value is -2.35. The van der Waals surface area contributed by atoms with Gasteiger partial charge in [0.15, 0.2) is 0 Å². The molecular weight excluding hydrogens is 355 g/mol. The highest BCUT2D eigenvalue weighted by atomic mass is 31.1. The van der Waals surface area contributed by atoms with Crippen molar-refractivity contribution < 1.29 is 27.6 Å². The number of hydrazine groups is 1. The van der Waals surface area contributed by atoms with Gasteiger partial charge >= 0.3 is 6.61 Å². The molecule has 25 heavy (non-hydrogen) atoms. The van der Waals surface area contributed by atoms with Crippen molar-refractivity contribution >= 4 is 14.3 Å². The predicted molar refractivity (Wildman–Crippen MR) is 88.8 cm³/mol. The van der Waals surface area contributed by atoms with Crippen LogP contribution >= 0.6 is 8.61 Å². The maximum Gasteiger partial charge on any atom is 0.388 e. The van der Waals surface area contributed by atoms with Crippen molar-refractivity contribution in [3.05, 3.63) is 48.0 Å². The first-order valence-electron chi connectivity index (χ1n) is 6.92. The second-order valence-electron chi connectivity index (χ2n) is 4.44. The van der Waals surface area contributed by atoms with Crippen LogP contribution in [0.3, 0.4) is 0 Å². The monoisotopic (exact) mass is 373 g/mol. The van der Waals surface area contributed by atoms with Gasteiger partial charge in [-0.1, -0.05) is 24.3 Å². The van der Waals surface area contributed by atoms with Crippen LogP contribution < -0.4 is 20.1 Å². The molecule has 0 unspecified atom stereocenters. The molecule has 7 nitrogen and oxygen atoms in total. The maximum absolute atomic E-state index is 12.1. The van der Waals surface area contributed by atoms with Crippen molar-refractivity contribution in [2.45, 2.75) is 13.2 Å². The van der Waals surface area contributed by atoms with E-state index in [0.717, 1.165) is 4.78 Å². The van der Waals surface area contributed by atoms with E-state index < -0.39 is 6.61 Å². The Morgan fingerprint density at radius 1 is 1.16 bits per heavy atom. The summed E-state index contributed by atoms with van der Waals surface area (Å²) in [5.41, 5.74) is 1.18. The third-order valence-electron chi connectivity index (χ3n) is 2.61. The first-order valence-corrected chi connectivity index (χ1v) is 7.69. The molecule has 136 valence electrons. The Balaban J connectivity index is 0.000000970. The van der Waals surface area contributed by atoms with Gasteiger partial charge < -0.3 is 14.2 Å². The minimum atomic E-state index is -2.95. The largest absolute Gasteiger partial charge is 0.473 e. The number of rotatable bonds is 7. The van der Waals surface area contributed by atoms with Crippen LogP contribution in [0.5, 0.6) is 11.8 Å². The molecule has 2 rings (SSSR count). The highest BCUT2D eigenvalue weighted by molar-refractivity contribution is 7.25. The first-order chi connectivity index (χ1) is 12.0. The lowest BCUT2D eigenvalue weighted by molar-refractivity contribution is -0.0531. The van der Waals surface area contributed by atoms with Gasteiger partial charge in [0.1, 0.15) is 6.61 Å². The van der Waals surface area contributed by atoms with E-state index in [1.807, 2.05) is 0 Å². The molecule has 0 bridgehead atoms. The van der Waals surface area contributed by atoms with Gasteiger partial charge in [0.25, 0.3) is 8.61 Å². The Bertz CT molecular complexity index is 664. The van der Waals surface area contributed by atoms with Crippen molar-refractivity contribution in [3.8, 4) is 11.8 Å². The number of hydrogen-bond acceptors (Lipinski definition) is 6. The second-order valence-corrected chi connectivity index (χ2v) is 5.04. The fourth-order valence-corrected chi connectivity index (χ4v) is 1.97. The van der Waals surface area contributed by atoms with Gasteiger partial charge in [-0.05, 0) is 6.07 Å². The normalized spacial score (nSPS) is 10.2. The minimum Gasteiger partial charge on any atom is -0.473 e. The number of nitrogens with two attached hydrogens (primary N) is 1. The summed E-state index contributed by atoms with van der Waals surface area (Å²) in [6.45, 7) is -2.88. The molecule has 0 spiro atoms. The SMILES string of the molecule is COC.NN(P=O)c1ccccc1COc1cccc(OC(F)F)n1. The molecule has 0 atom stereocenters. The zero-order valence-corrected chi connectivity index (χ0v) is 14.5. The van der Waals surface area contributed by atoms with Gasteiger partial charge in [0.05, 0.1) is 5.69 Å². The fourth-order valence-electron chi connectivity index (χ4n) is 1.69. The van der Waals surface area contributed by atoms with E-state index in [1.165, 1.54) is 18.2 Å². The number of ether oxygens (including phenoxy) is 3. The average Bonchev–Trinajstić information content (AvgIpc) is 2.60. The number of anilines is 1. The third kappa shape index (κ3) is 7.38. The molecule has 1 aromatic heterocycles. The molecule has 1 heterocycles. The van der Waals surface area contributed by atoms with E-state index in [9.17, 15) is 13.3 Å². The number of alkyl halides is 2. The zero-order valence-electron chi connectivity index (χ0n) is 13.6. The Labute approximate surface area is 145 Å². The molecule has 0 aliphatic heterocycles. The highest BCUT2D eigenvalue weighted by Crippen LogP contribution is 2.24. The Morgan fingerprint density at radius 3 is 2.44 bits per heavy atom. The molecule has 0 saturated heterocycles. The summed E-state index contributed by atoms with van der Waals surface area (Å²) < 4.78 is 50.0. The summed E-state index contributed by atoms with van der Waals surface area (Å²) >= 11 is 0. The van der Waals surface area contributed by atoms with E-state index in [4.69, 9.17) is 10.6 Å². The van der Waals surface area contributed by atoms with Crippen molar-refractivity contribution in [3.63, 3.8) is 0 Å². The first kappa shape index (κ1) is 20.7. The van der Waals surface area contributed by atoms with Crippen LogP contribution in [0.1, 0.15) is 5.56 Å². The molecule has 1 aromatic carbocycles. The van der Waals surface area contributed by atoms with Crippen LogP contribution in [-0.4, -0.2) is 25.8 Å². The molecule has 0 fully saturated rings. The van der Waals surface area contributed by atoms with E-state index >= 15 is 0 Å². The third-order valence-corrected chi connectivity index (χ3v) is 3.00. The van der Waals surface area contributed by atoms with Crippen molar-refractivity contribution in [2.24, 2.45) is 5.84 Å². The van der Waals surface area contributed by atoms with Gasteiger partial charge in [-0.25, -0.2) is 15.2 Å². The van der Waals surface area contributed by atoms with Crippen molar-refractivity contribution in [1.29, 1.82) is 0 Å². The summed E-state index contributed by atoms with van der Waals surface area (Å²) in [6.07, 6.45) is 0. The van der Waals surface area contributed by atoms with Crippen molar-refractivity contribution in [1.82, 2.24) is 4.98 Å². The maximum atomic E-state index is 12.1. The quantitative estimate of drug-likeness (QED) is 0.452. The second kappa shape index (κ2) is 11.2. The smallest absolute Gasteiger partial charge is 0.388 e. The summed E-state index contributed by atoms with van der Waals surface area (Å²) in [5.74, 6) is 5.46. The zero-order chi connectivity index (χ0) is 18.7. The number of benzene rings is 1. The standard InChI is InChI=1S/C13H12F2N3O3P.C2H6O/c14-13(15)21-12-7-3-6-11(17-12)20-8-9-4-1-2-5-10(9)18(16)22-19;1-3-2/h1-7,13H,8,16H2;1-2H3. The van der Waals surface area contributed by atoms with Crippen LogP contribution in [0.25, 0.3) is 0 Å². The van der Waals surface area contributed by atoms with Gasteiger partial charge in [0.2, 0.25) is 11.8 Å². The Morgan fingerprint density at radius 2 is 1.80 bits per heavy atom. The van der Waals surface area contributed by atoms with Gasteiger partial charge in [-0.3, -0.25) is 0 Å². The fraction of sp³-hybridized carbons (Fsp3) is 0.267. The predicted octanol–water partition coefficient (Wildman–Crippen LogP) is 3.41. The van der Waals surface area contributed by atoms with Crippen LogP contribution in [0, 0.1) is 0 Å². The molecule has 0 radical (unpaired) electrons. The van der Waals surface area contributed by atoms with Crippen LogP contribution in [-0.2, 0) is 15.9 Å². The van der Waals surface area contributed by atoms with Gasteiger partial charge in [-0.15, -0.1) is 0 Å². The lowest BCUT2D eigenvalue weighted by Crippen LogP contribution is -2.20. The lowest BCUT2D eigenvalue weighted by atomic mass is 10.2. The number of hydrogen-bond donors (Lipinski definition) is 1. The molecule has 2 aromatic rings. The number of nitrogens with zero attached hydrogens (tertiary/aromatic N) is 2. The number of methoxy groups -OCH3 is 1. The van der Waals surface area contributed by atoms with E-state index in [2.05, 4.69) is 14.5 Å². The molecule has 0 aliphatic rings. The summed E-state index contributed by atoms with van der Waals surface area (Å²) in [6, 6.07) is 11.2. The molecule has 0 aliphatic carbocycles. The van der Waals surface area contributed by atoms with Crippen LogP contribution in [0.2, 0.25) is 0 Å². The van der Waals surface area contributed by atoms with E-state index in [0.29, 0.717) is 11.3 Å². The minimum absolute atomic E-state index is 0.0739. The molecule has 2 N–H and O–H groups in total. The topological polar surface area (TPSA) is 86.9 Å². The van der Waals surface area contributed by atoms with E-state index in [1.54, 1.807) is 38.5 Å². The average molecular weight is 373 g/mol. The van der Waals surface area contributed by atoms with Gasteiger partial charge in [0, 0.05) is 31.9 Å². The molecule has 0 amide bonds. The molecule has 10 heteroatoms. The highest BCUT2D eigenvalue weighted by Gasteiger charge is 2.10. The number of halogens is 2. The summed E-state index contributed by atoms with van der Waals surface area (Å²) in [5, 5.41) is 0. The van der Waals surface area contributed by atoms with Crippen LogP contribution in [0.15, 0.2) is 42.5 Å². The van der Waals surface area contributed by atoms with Gasteiger partial charge in [-0.2, -0.15) is 13.8 Å². The number of pyridine rings is 1. The Kier molecular flexibility index (Phi) is 9.31. The summed E-state index contributed by atoms with van der Waals surface area (Å²) in [7, 11) is 2.88. The number of para-hydroxylation sites is 1. The number of aromatic nitrogens is 1. The molecular formula is C15H18F2N3O4P. The van der Waals surface area contributed by atoms with E-state index in [-0.39, 0.29) is 27.0 Å².